The molecule has 0 saturated heterocycles. The average molecular weight is 322 g/mol. The number of anilines is 1. The molecule has 0 radical (unpaired) electrons. The van der Waals surface area contributed by atoms with Crippen LogP contribution >= 0.6 is 15.9 Å². The van der Waals surface area contributed by atoms with Gasteiger partial charge in [0.1, 0.15) is 12.1 Å². The first kappa shape index (κ1) is 13.8. The average Bonchev–Trinajstić information content (AvgIpc) is 2.42. The lowest BCUT2D eigenvalue weighted by Crippen LogP contribution is -2.10. The molecule has 5 heteroatoms. The Labute approximate surface area is 121 Å². The number of ether oxygens (including phenoxy) is 1. The highest BCUT2D eigenvalue weighted by molar-refractivity contribution is 9.10. The fourth-order valence-corrected chi connectivity index (χ4v) is 2.09. The van der Waals surface area contributed by atoms with Crippen LogP contribution in [0.3, 0.4) is 0 Å². The molecule has 100 valence electrons. The van der Waals surface area contributed by atoms with E-state index in [1.165, 1.54) is 11.9 Å². The molecule has 19 heavy (non-hydrogen) atoms. The molecule has 1 atom stereocenters. The van der Waals surface area contributed by atoms with Gasteiger partial charge in [0.05, 0.1) is 12.7 Å². The summed E-state index contributed by atoms with van der Waals surface area (Å²) in [7, 11) is 1.61. The highest BCUT2D eigenvalue weighted by Crippen LogP contribution is 2.25. The molecule has 0 aliphatic carbocycles. The van der Waals surface area contributed by atoms with E-state index in [-0.39, 0.29) is 6.04 Å². The number of hydrogen-bond donors (Lipinski definition) is 1. The Balaban J connectivity index is 2.19. The second-order valence-electron chi connectivity index (χ2n) is 4.27. The largest absolute Gasteiger partial charge is 0.481 e. The van der Waals surface area contributed by atoms with Crippen LogP contribution < -0.4 is 10.1 Å². The standard InChI is InChI=1S/C14H16BrN3O/c1-9-13(16-8-17-14(9)19-3)18-10(2)11-4-6-12(15)7-5-11/h4-8,10H,1-3H3,(H,16,17,18). The number of halogens is 1. The van der Waals surface area contributed by atoms with E-state index >= 15 is 0 Å². The summed E-state index contributed by atoms with van der Waals surface area (Å²) in [6, 6.07) is 8.37. The fraction of sp³-hybridized carbons (Fsp3) is 0.286. The summed E-state index contributed by atoms with van der Waals surface area (Å²) in [6.07, 6.45) is 1.50. The van der Waals surface area contributed by atoms with Crippen molar-refractivity contribution in [1.82, 2.24) is 9.97 Å². The number of nitrogens with zero attached hydrogens (tertiary/aromatic N) is 2. The molecule has 0 aliphatic rings. The Hall–Kier alpha value is -1.62. The van der Waals surface area contributed by atoms with Crippen molar-refractivity contribution < 1.29 is 4.74 Å². The fourth-order valence-electron chi connectivity index (χ4n) is 1.83. The minimum absolute atomic E-state index is 0.159. The molecule has 1 heterocycles. The summed E-state index contributed by atoms with van der Waals surface area (Å²) >= 11 is 3.43. The van der Waals surface area contributed by atoms with E-state index in [2.05, 4.69) is 50.3 Å². The van der Waals surface area contributed by atoms with E-state index in [0.29, 0.717) is 5.88 Å². The van der Waals surface area contributed by atoms with Crippen molar-refractivity contribution in [3.8, 4) is 5.88 Å². The van der Waals surface area contributed by atoms with Gasteiger partial charge in [0.15, 0.2) is 0 Å². The molecular weight excluding hydrogens is 306 g/mol. The summed E-state index contributed by atoms with van der Waals surface area (Å²) in [5, 5.41) is 3.37. The predicted molar refractivity (Wildman–Crippen MR) is 79.5 cm³/mol. The summed E-state index contributed by atoms with van der Waals surface area (Å²) in [4.78, 5) is 8.33. The second-order valence-corrected chi connectivity index (χ2v) is 5.19. The molecule has 0 spiro atoms. The van der Waals surface area contributed by atoms with Crippen molar-refractivity contribution >= 4 is 21.7 Å². The summed E-state index contributed by atoms with van der Waals surface area (Å²) in [5.74, 6) is 1.39. The van der Waals surface area contributed by atoms with Gasteiger partial charge in [-0.15, -0.1) is 0 Å². The minimum Gasteiger partial charge on any atom is -0.481 e. The topological polar surface area (TPSA) is 47.0 Å². The van der Waals surface area contributed by atoms with E-state index in [0.717, 1.165) is 15.9 Å². The Morgan fingerprint density at radius 1 is 1.21 bits per heavy atom. The quantitative estimate of drug-likeness (QED) is 0.932. The molecule has 1 aromatic carbocycles. The number of rotatable bonds is 4. The van der Waals surface area contributed by atoms with Crippen LogP contribution in [0.1, 0.15) is 24.1 Å². The zero-order valence-corrected chi connectivity index (χ0v) is 12.7. The van der Waals surface area contributed by atoms with Gasteiger partial charge in [0.25, 0.3) is 0 Å². The van der Waals surface area contributed by atoms with Crippen LogP contribution in [0.2, 0.25) is 0 Å². The molecule has 2 rings (SSSR count). The van der Waals surface area contributed by atoms with Crippen molar-refractivity contribution in [1.29, 1.82) is 0 Å². The van der Waals surface area contributed by atoms with E-state index in [1.807, 2.05) is 19.1 Å². The molecule has 1 aromatic heterocycles. The Morgan fingerprint density at radius 3 is 2.53 bits per heavy atom. The molecule has 1 unspecified atom stereocenters. The SMILES string of the molecule is COc1ncnc(NC(C)c2ccc(Br)cc2)c1C. The van der Waals surface area contributed by atoms with Gasteiger partial charge in [0, 0.05) is 10.5 Å². The Kier molecular flexibility index (Phi) is 4.37. The summed E-state index contributed by atoms with van der Waals surface area (Å²) in [5.41, 5.74) is 2.11. The lowest BCUT2D eigenvalue weighted by atomic mass is 10.1. The third-order valence-electron chi connectivity index (χ3n) is 2.95. The number of hydrogen-bond acceptors (Lipinski definition) is 4. The van der Waals surface area contributed by atoms with Crippen molar-refractivity contribution in [2.45, 2.75) is 19.9 Å². The second kappa shape index (κ2) is 6.02. The first-order chi connectivity index (χ1) is 9.11. The highest BCUT2D eigenvalue weighted by atomic mass is 79.9. The van der Waals surface area contributed by atoms with Gasteiger partial charge in [-0.2, -0.15) is 0 Å². The minimum atomic E-state index is 0.159. The van der Waals surface area contributed by atoms with Crippen molar-refractivity contribution in [3.63, 3.8) is 0 Å². The van der Waals surface area contributed by atoms with Crippen LogP contribution in [0.25, 0.3) is 0 Å². The first-order valence-corrected chi connectivity index (χ1v) is 6.78. The third-order valence-corrected chi connectivity index (χ3v) is 3.48. The van der Waals surface area contributed by atoms with Crippen LogP contribution in [0.4, 0.5) is 5.82 Å². The van der Waals surface area contributed by atoms with E-state index in [1.54, 1.807) is 7.11 Å². The lowest BCUT2D eigenvalue weighted by molar-refractivity contribution is 0.393. The monoisotopic (exact) mass is 321 g/mol. The molecule has 0 saturated carbocycles. The molecule has 1 N–H and O–H groups in total. The summed E-state index contributed by atoms with van der Waals surface area (Å²) < 4.78 is 6.26. The lowest BCUT2D eigenvalue weighted by Gasteiger charge is -2.17. The van der Waals surface area contributed by atoms with Gasteiger partial charge in [-0.25, -0.2) is 9.97 Å². The molecule has 0 amide bonds. The maximum absolute atomic E-state index is 5.19. The number of benzene rings is 1. The van der Waals surface area contributed by atoms with Crippen molar-refractivity contribution in [2.75, 3.05) is 12.4 Å². The zero-order valence-electron chi connectivity index (χ0n) is 11.1. The van der Waals surface area contributed by atoms with Crippen LogP contribution in [0.15, 0.2) is 35.1 Å². The molecule has 0 fully saturated rings. The van der Waals surface area contributed by atoms with Crippen LogP contribution in [0.5, 0.6) is 5.88 Å². The number of nitrogens with one attached hydrogen (secondary N) is 1. The molecule has 0 aliphatic heterocycles. The summed E-state index contributed by atoms with van der Waals surface area (Å²) in [6.45, 7) is 4.03. The smallest absolute Gasteiger partial charge is 0.221 e. The molecule has 0 bridgehead atoms. The maximum atomic E-state index is 5.19. The van der Waals surface area contributed by atoms with Gasteiger partial charge < -0.3 is 10.1 Å². The van der Waals surface area contributed by atoms with E-state index < -0.39 is 0 Å². The zero-order chi connectivity index (χ0) is 13.8. The van der Waals surface area contributed by atoms with Crippen LogP contribution in [-0.2, 0) is 0 Å². The van der Waals surface area contributed by atoms with Gasteiger partial charge in [-0.05, 0) is 31.5 Å². The normalized spacial score (nSPS) is 12.0. The maximum Gasteiger partial charge on any atom is 0.221 e. The molecule has 4 nitrogen and oxygen atoms in total. The van der Waals surface area contributed by atoms with Crippen molar-refractivity contribution in [2.24, 2.45) is 0 Å². The number of methoxy groups -OCH3 is 1. The highest BCUT2D eigenvalue weighted by Gasteiger charge is 2.11. The van der Waals surface area contributed by atoms with E-state index in [9.17, 15) is 0 Å². The molecular formula is C14H16BrN3O. The Bertz CT molecular complexity index is 557. The van der Waals surface area contributed by atoms with E-state index in [4.69, 9.17) is 4.74 Å². The third kappa shape index (κ3) is 3.23. The van der Waals surface area contributed by atoms with Gasteiger partial charge in [-0.3, -0.25) is 0 Å². The van der Waals surface area contributed by atoms with Gasteiger partial charge in [-0.1, -0.05) is 28.1 Å². The number of aromatic nitrogens is 2. The van der Waals surface area contributed by atoms with Gasteiger partial charge in [0.2, 0.25) is 5.88 Å². The molecule has 2 aromatic rings. The van der Waals surface area contributed by atoms with Crippen molar-refractivity contribution in [3.05, 3.63) is 46.2 Å². The van der Waals surface area contributed by atoms with Crippen LogP contribution in [0, 0.1) is 6.92 Å². The van der Waals surface area contributed by atoms with Crippen LogP contribution in [-0.4, -0.2) is 17.1 Å². The predicted octanol–water partition coefficient (Wildman–Crippen LogP) is 3.73. The first-order valence-electron chi connectivity index (χ1n) is 5.99. The Morgan fingerprint density at radius 2 is 1.89 bits per heavy atom. The van der Waals surface area contributed by atoms with Gasteiger partial charge >= 0.3 is 0 Å².